The van der Waals surface area contributed by atoms with Gasteiger partial charge < -0.3 is 15.0 Å². The second kappa shape index (κ2) is 5.15. The zero-order valence-corrected chi connectivity index (χ0v) is 11.6. The van der Waals surface area contributed by atoms with Gasteiger partial charge in [-0.1, -0.05) is 6.07 Å². The van der Waals surface area contributed by atoms with Gasteiger partial charge in [-0.05, 0) is 43.9 Å². The Hall–Kier alpha value is -2.04. The third-order valence-corrected chi connectivity index (χ3v) is 3.87. The smallest absolute Gasteiger partial charge is 0.310 e. The topological polar surface area (TPSA) is 70.1 Å². The molecular weight excluding hydrogens is 254 g/mol. The highest BCUT2D eigenvalue weighted by molar-refractivity contribution is 5.81. The van der Waals surface area contributed by atoms with Crippen LogP contribution in [-0.2, 0) is 16.0 Å². The number of aromatic nitrogens is 2. The molecular formula is C15H19N3O2. The van der Waals surface area contributed by atoms with E-state index >= 15 is 0 Å². The molecule has 2 aromatic rings. The summed E-state index contributed by atoms with van der Waals surface area (Å²) in [6.45, 7) is 2.22. The van der Waals surface area contributed by atoms with Crippen LogP contribution in [0.5, 0.6) is 0 Å². The monoisotopic (exact) mass is 273 g/mol. The van der Waals surface area contributed by atoms with E-state index in [1.54, 1.807) is 0 Å². The van der Waals surface area contributed by atoms with Crippen LogP contribution in [0, 0.1) is 0 Å². The average molecular weight is 273 g/mol. The molecule has 1 heterocycles. The van der Waals surface area contributed by atoms with Crippen molar-refractivity contribution in [2.75, 3.05) is 12.3 Å². The third-order valence-electron chi connectivity index (χ3n) is 3.87. The number of imidazole rings is 1. The minimum atomic E-state index is -0.200. The Bertz CT molecular complexity index is 644. The molecule has 0 spiro atoms. The van der Waals surface area contributed by atoms with Gasteiger partial charge in [0, 0.05) is 6.04 Å². The molecule has 0 aliphatic heterocycles. The molecule has 1 aromatic carbocycles. The Morgan fingerprint density at radius 1 is 1.50 bits per heavy atom. The fourth-order valence-corrected chi connectivity index (χ4v) is 2.67. The number of carbonyl (C=O) groups excluding carboxylic acids is 1. The Morgan fingerprint density at radius 3 is 2.95 bits per heavy atom. The number of benzene rings is 1. The van der Waals surface area contributed by atoms with E-state index in [2.05, 4.69) is 9.55 Å². The van der Waals surface area contributed by atoms with Crippen LogP contribution in [0.15, 0.2) is 18.2 Å². The molecule has 0 unspecified atom stereocenters. The van der Waals surface area contributed by atoms with Crippen molar-refractivity contribution in [1.29, 1.82) is 0 Å². The van der Waals surface area contributed by atoms with Crippen molar-refractivity contribution < 1.29 is 9.53 Å². The molecule has 20 heavy (non-hydrogen) atoms. The van der Waals surface area contributed by atoms with E-state index in [-0.39, 0.29) is 5.97 Å². The summed E-state index contributed by atoms with van der Waals surface area (Å²) in [5, 5.41) is 0. The van der Waals surface area contributed by atoms with Crippen LogP contribution in [0.4, 0.5) is 5.95 Å². The van der Waals surface area contributed by atoms with Gasteiger partial charge in [-0.3, -0.25) is 4.79 Å². The van der Waals surface area contributed by atoms with E-state index in [4.69, 9.17) is 10.5 Å². The van der Waals surface area contributed by atoms with Gasteiger partial charge in [0.25, 0.3) is 0 Å². The lowest BCUT2D eigenvalue weighted by molar-refractivity contribution is -0.142. The van der Waals surface area contributed by atoms with Crippen molar-refractivity contribution in [1.82, 2.24) is 9.55 Å². The van der Waals surface area contributed by atoms with Gasteiger partial charge in [-0.15, -0.1) is 0 Å². The number of carbonyl (C=O) groups is 1. The highest BCUT2D eigenvalue weighted by Gasteiger charge is 2.23. The molecule has 0 atom stereocenters. The molecule has 2 N–H and O–H groups in total. The molecule has 1 aliphatic carbocycles. The van der Waals surface area contributed by atoms with Gasteiger partial charge in [0.15, 0.2) is 0 Å². The number of rotatable bonds is 4. The first-order valence-corrected chi connectivity index (χ1v) is 7.11. The quantitative estimate of drug-likeness (QED) is 0.869. The van der Waals surface area contributed by atoms with Crippen molar-refractivity contribution in [2.45, 2.75) is 38.6 Å². The van der Waals surface area contributed by atoms with Gasteiger partial charge in [0.2, 0.25) is 5.95 Å². The number of anilines is 1. The van der Waals surface area contributed by atoms with E-state index in [0.717, 1.165) is 29.4 Å². The number of nitrogens with zero attached hydrogens (tertiary/aromatic N) is 2. The van der Waals surface area contributed by atoms with E-state index in [0.29, 0.717) is 25.0 Å². The number of nitrogen functional groups attached to an aromatic ring is 1. The van der Waals surface area contributed by atoms with Gasteiger partial charge in [-0.25, -0.2) is 4.98 Å². The van der Waals surface area contributed by atoms with Crippen molar-refractivity contribution >= 4 is 23.0 Å². The van der Waals surface area contributed by atoms with Gasteiger partial charge >= 0.3 is 5.97 Å². The SMILES string of the molecule is CCOC(=O)Cc1ccc2nc(N)n(C3CCC3)c2c1. The summed E-state index contributed by atoms with van der Waals surface area (Å²) in [7, 11) is 0. The Kier molecular flexibility index (Phi) is 3.34. The zero-order chi connectivity index (χ0) is 14.1. The third kappa shape index (κ3) is 2.24. The normalized spacial score (nSPS) is 15.2. The summed E-state index contributed by atoms with van der Waals surface area (Å²) >= 11 is 0. The number of hydrogen-bond acceptors (Lipinski definition) is 4. The Morgan fingerprint density at radius 2 is 2.30 bits per heavy atom. The second-order valence-electron chi connectivity index (χ2n) is 5.23. The summed E-state index contributed by atoms with van der Waals surface area (Å²) in [5.74, 6) is 0.368. The van der Waals surface area contributed by atoms with Crippen molar-refractivity contribution in [3.63, 3.8) is 0 Å². The first-order chi connectivity index (χ1) is 9.69. The lowest BCUT2D eigenvalue weighted by Gasteiger charge is -2.28. The van der Waals surface area contributed by atoms with E-state index in [1.807, 2.05) is 25.1 Å². The van der Waals surface area contributed by atoms with Crippen LogP contribution in [0.3, 0.4) is 0 Å². The minimum Gasteiger partial charge on any atom is -0.466 e. The number of hydrogen-bond donors (Lipinski definition) is 1. The van der Waals surface area contributed by atoms with E-state index < -0.39 is 0 Å². The van der Waals surface area contributed by atoms with E-state index in [1.165, 1.54) is 6.42 Å². The predicted octanol–water partition coefficient (Wildman–Crippen LogP) is 2.45. The Balaban J connectivity index is 1.94. The summed E-state index contributed by atoms with van der Waals surface area (Å²) in [5.41, 5.74) is 8.88. The van der Waals surface area contributed by atoms with Crippen molar-refractivity contribution in [2.24, 2.45) is 0 Å². The molecule has 0 saturated heterocycles. The van der Waals surface area contributed by atoms with Crippen LogP contribution >= 0.6 is 0 Å². The zero-order valence-electron chi connectivity index (χ0n) is 11.6. The number of nitrogens with two attached hydrogens (primary N) is 1. The lowest BCUT2D eigenvalue weighted by atomic mass is 9.92. The minimum absolute atomic E-state index is 0.200. The van der Waals surface area contributed by atoms with Crippen LogP contribution in [0.1, 0.15) is 37.8 Å². The van der Waals surface area contributed by atoms with Gasteiger partial charge in [0.05, 0.1) is 24.1 Å². The molecule has 1 aliphatic rings. The molecule has 0 amide bonds. The first-order valence-electron chi connectivity index (χ1n) is 7.11. The Labute approximate surface area is 117 Å². The van der Waals surface area contributed by atoms with E-state index in [9.17, 15) is 4.79 Å². The van der Waals surface area contributed by atoms with Crippen LogP contribution in [0.2, 0.25) is 0 Å². The summed E-state index contributed by atoms with van der Waals surface area (Å²) in [6.07, 6.45) is 3.83. The fraction of sp³-hybridized carbons (Fsp3) is 0.467. The first kappa shape index (κ1) is 13.0. The number of fused-ring (bicyclic) bond motifs is 1. The van der Waals surface area contributed by atoms with Crippen LogP contribution in [-0.4, -0.2) is 22.1 Å². The molecule has 5 heteroatoms. The molecule has 106 valence electrons. The standard InChI is InChI=1S/C15H19N3O2/c1-2-20-14(19)9-10-6-7-12-13(8-10)18(15(16)17-12)11-4-3-5-11/h6-8,11H,2-5,9H2,1H3,(H2,16,17). The van der Waals surface area contributed by atoms with Crippen molar-refractivity contribution in [3.05, 3.63) is 23.8 Å². The highest BCUT2D eigenvalue weighted by atomic mass is 16.5. The number of esters is 1. The highest BCUT2D eigenvalue weighted by Crippen LogP contribution is 2.36. The molecule has 0 bridgehead atoms. The molecule has 1 aromatic heterocycles. The predicted molar refractivity (Wildman–Crippen MR) is 77.4 cm³/mol. The average Bonchev–Trinajstić information content (AvgIpc) is 2.65. The maximum Gasteiger partial charge on any atom is 0.310 e. The number of ether oxygens (including phenoxy) is 1. The van der Waals surface area contributed by atoms with Gasteiger partial charge in [0.1, 0.15) is 0 Å². The largest absolute Gasteiger partial charge is 0.466 e. The second-order valence-corrected chi connectivity index (χ2v) is 5.23. The summed E-state index contributed by atoms with van der Waals surface area (Å²) in [4.78, 5) is 16.0. The maximum atomic E-state index is 11.6. The lowest BCUT2D eigenvalue weighted by Crippen LogP contribution is -2.18. The van der Waals surface area contributed by atoms with Crippen LogP contribution in [0.25, 0.3) is 11.0 Å². The van der Waals surface area contributed by atoms with Crippen LogP contribution < -0.4 is 5.73 Å². The molecule has 5 nitrogen and oxygen atoms in total. The van der Waals surface area contributed by atoms with Gasteiger partial charge in [-0.2, -0.15) is 0 Å². The molecule has 1 saturated carbocycles. The summed E-state index contributed by atoms with van der Waals surface area (Å²) < 4.78 is 7.09. The fourth-order valence-electron chi connectivity index (χ4n) is 2.67. The summed E-state index contributed by atoms with van der Waals surface area (Å²) in [6, 6.07) is 6.30. The van der Waals surface area contributed by atoms with Crippen molar-refractivity contribution in [3.8, 4) is 0 Å². The maximum absolute atomic E-state index is 11.6. The molecule has 0 radical (unpaired) electrons. The molecule has 3 rings (SSSR count). The molecule has 1 fully saturated rings.